The second-order valence-corrected chi connectivity index (χ2v) is 10.4. The molecule has 0 bridgehead atoms. The van der Waals surface area contributed by atoms with Gasteiger partial charge in [-0.05, 0) is 57.8 Å². The first-order chi connectivity index (χ1) is 20.6. The van der Waals surface area contributed by atoms with E-state index in [-0.39, 0.29) is 18.2 Å². The summed E-state index contributed by atoms with van der Waals surface area (Å²) in [6, 6.07) is 6.54. The Hall–Kier alpha value is -3.16. The molecule has 234 valence electrons. The molecule has 0 aliphatic heterocycles. The Balaban J connectivity index is 0.000000708. The third kappa shape index (κ3) is 10.5. The summed E-state index contributed by atoms with van der Waals surface area (Å²) in [6.45, 7) is 3.12. The van der Waals surface area contributed by atoms with Crippen LogP contribution in [-0.4, -0.2) is 89.6 Å². The molecule has 2 aromatic carbocycles. The SMILES string of the molecule is CCCCCCNC.O=CCN(C(=O)c1cccc(B(O)O)c1F)C1CCC(NC(=O)c2cccc(B(O)O)c2F)CC1. The fraction of sp³-hybridized carbons (Fsp3) is 0.483. The van der Waals surface area contributed by atoms with Gasteiger partial charge in [0.25, 0.3) is 11.8 Å². The second kappa shape index (κ2) is 18.5. The minimum atomic E-state index is -2.10. The van der Waals surface area contributed by atoms with Gasteiger partial charge in [0.05, 0.1) is 17.7 Å². The molecule has 1 fully saturated rings. The van der Waals surface area contributed by atoms with Crippen LogP contribution in [0.1, 0.15) is 79.0 Å². The number of hydrogen-bond donors (Lipinski definition) is 6. The fourth-order valence-corrected chi connectivity index (χ4v) is 5.00. The number of aldehydes is 1. The Labute approximate surface area is 251 Å². The summed E-state index contributed by atoms with van der Waals surface area (Å²) in [5, 5.41) is 42.9. The molecular formula is C29H41B2F2N3O7. The smallest absolute Gasteiger partial charge is 0.423 e. The van der Waals surface area contributed by atoms with Crippen LogP contribution in [0.25, 0.3) is 0 Å². The third-order valence-corrected chi connectivity index (χ3v) is 7.37. The molecule has 3 rings (SSSR count). The number of nitrogens with zero attached hydrogens (tertiary/aromatic N) is 1. The normalized spacial score (nSPS) is 16.0. The summed E-state index contributed by atoms with van der Waals surface area (Å²) in [6.07, 6.45) is 7.48. The van der Waals surface area contributed by atoms with Crippen molar-refractivity contribution in [3.8, 4) is 0 Å². The van der Waals surface area contributed by atoms with Crippen LogP contribution in [0.5, 0.6) is 0 Å². The van der Waals surface area contributed by atoms with Crippen LogP contribution in [-0.2, 0) is 4.79 Å². The summed E-state index contributed by atoms with van der Waals surface area (Å²) in [4.78, 5) is 38.0. The summed E-state index contributed by atoms with van der Waals surface area (Å²) in [7, 11) is -2.16. The molecule has 0 heterocycles. The fourth-order valence-electron chi connectivity index (χ4n) is 5.00. The second-order valence-electron chi connectivity index (χ2n) is 10.4. The zero-order valence-corrected chi connectivity index (χ0v) is 24.6. The van der Waals surface area contributed by atoms with Gasteiger partial charge < -0.3 is 40.4 Å². The number of rotatable bonds is 13. The number of carbonyl (C=O) groups excluding carboxylic acids is 3. The summed E-state index contributed by atoms with van der Waals surface area (Å²) in [5.74, 6) is -3.61. The van der Waals surface area contributed by atoms with Crippen LogP contribution in [0.15, 0.2) is 36.4 Å². The van der Waals surface area contributed by atoms with Crippen molar-refractivity contribution < 1.29 is 43.3 Å². The Bertz CT molecular complexity index is 1190. The zero-order chi connectivity index (χ0) is 31.9. The van der Waals surface area contributed by atoms with Gasteiger partial charge in [-0.1, -0.05) is 50.5 Å². The van der Waals surface area contributed by atoms with E-state index < -0.39 is 60.2 Å². The van der Waals surface area contributed by atoms with Crippen LogP contribution >= 0.6 is 0 Å². The molecule has 1 saturated carbocycles. The molecule has 0 saturated heterocycles. The van der Waals surface area contributed by atoms with Crippen LogP contribution in [0, 0.1) is 11.6 Å². The molecule has 6 N–H and O–H groups in total. The number of nitrogens with one attached hydrogen (secondary N) is 2. The lowest BCUT2D eigenvalue weighted by Crippen LogP contribution is -2.47. The van der Waals surface area contributed by atoms with E-state index in [1.807, 2.05) is 7.05 Å². The van der Waals surface area contributed by atoms with Gasteiger partial charge in [-0.15, -0.1) is 0 Å². The van der Waals surface area contributed by atoms with Gasteiger partial charge in [0, 0.05) is 23.0 Å². The van der Waals surface area contributed by atoms with E-state index in [9.17, 15) is 43.3 Å². The number of carbonyl (C=O) groups is 3. The van der Waals surface area contributed by atoms with E-state index in [0.29, 0.717) is 32.0 Å². The summed E-state index contributed by atoms with van der Waals surface area (Å²) >= 11 is 0. The van der Waals surface area contributed by atoms with E-state index in [1.165, 1.54) is 61.4 Å². The monoisotopic (exact) mass is 603 g/mol. The molecule has 43 heavy (non-hydrogen) atoms. The van der Waals surface area contributed by atoms with Crippen LogP contribution in [0.2, 0.25) is 0 Å². The van der Waals surface area contributed by atoms with Gasteiger partial charge in [0.1, 0.15) is 17.9 Å². The third-order valence-electron chi connectivity index (χ3n) is 7.37. The van der Waals surface area contributed by atoms with Crippen molar-refractivity contribution in [3.63, 3.8) is 0 Å². The molecule has 14 heteroatoms. The number of benzene rings is 2. The highest BCUT2D eigenvalue weighted by molar-refractivity contribution is 6.59. The van der Waals surface area contributed by atoms with Crippen molar-refractivity contribution in [2.24, 2.45) is 0 Å². The average Bonchev–Trinajstić information content (AvgIpc) is 2.98. The maximum absolute atomic E-state index is 14.7. The lowest BCUT2D eigenvalue weighted by Gasteiger charge is -2.36. The first-order valence-corrected chi connectivity index (χ1v) is 14.6. The first-order valence-electron chi connectivity index (χ1n) is 14.6. The van der Waals surface area contributed by atoms with Crippen LogP contribution < -0.4 is 21.6 Å². The summed E-state index contributed by atoms with van der Waals surface area (Å²) < 4.78 is 29.1. The van der Waals surface area contributed by atoms with Gasteiger partial charge in [-0.2, -0.15) is 0 Å². The number of hydrogen-bond acceptors (Lipinski definition) is 8. The van der Waals surface area contributed by atoms with E-state index in [0.717, 1.165) is 12.1 Å². The molecule has 0 atom stereocenters. The van der Waals surface area contributed by atoms with Gasteiger partial charge >= 0.3 is 14.2 Å². The first kappa shape index (κ1) is 36.0. The van der Waals surface area contributed by atoms with Crippen molar-refractivity contribution >= 4 is 43.3 Å². The molecular weight excluding hydrogens is 562 g/mol. The molecule has 10 nitrogen and oxygen atoms in total. The topological polar surface area (TPSA) is 159 Å². The predicted octanol–water partition coefficient (Wildman–Crippen LogP) is 0.493. The van der Waals surface area contributed by atoms with E-state index in [1.54, 1.807) is 0 Å². The molecule has 1 aliphatic rings. The van der Waals surface area contributed by atoms with Crippen molar-refractivity contribution in [1.82, 2.24) is 15.5 Å². The Kier molecular flexibility index (Phi) is 15.5. The van der Waals surface area contributed by atoms with Crippen molar-refractivity contribution in [2.75, 3.05) is 20.1 Å². The van der Waals surface area contributed by atoms with E-state index in [2.05, 4.69) is 17.6 Å². The van der Waals surface area contributed by atoms with Gasteiger partial charge in [-0.3, -0.25) is 9.59 Å². The lowest BCUT2D eigenvalue weighted by molar-refractivity contribution is -0.109. The Morgan fingerprint density at radius 1 is 0.907 bits per heavy atom. The maximum atomic E-state index is 14.7. The maximum Gasteiger partial charge on any atom is 0.491 e. The van der Waals surface area contributed by atoms with E-state index in [4.69, 9.17) is 0 Å². The largest absolute Gasteiger partial charge is 0.491 e. The number of halogens is 2. The van der Waals surface area contributed by atoms with Crippen molar-refractivity contribution in [2.45, 2.75) is 70.4 Å². The standard InChI is InChI=1S/C22H24B2F2N2O7.C7H17N/c25-19-15(3-1-5-17(19)23(32)33)21(30)27-13-7-9-14(10-8-13)28(11-12-29)22(31)16-4-2-6-18(20(16)26)24(34)35;1-3-4-5-6-7-8-2/h1-6,12-14,32-35H,7-11H2,(H,27,30);8H,3-7H2,1-2H3. The summed E-state index contributed by atoms with van der Waals surface area (Å²) in [5.41, 5.74) is -1.61. The predicted molar refractivity (Wildman–Crippen MR) is 161 cm³/mol. The minimum Gasteiger partial charge on any atom is -0.423 e. The molecule has 0 radical (unpaired) electrons. The van der Waals surface area contributed by atoms with Gasteiger partial charge in [0.15, 0.2) is 0 Å². The highest BCUT2D eigenvalue weighted by atomic mass is 19.1. The minimum absolute atomic E-state index is 0.298. The molecule has 2 aromatic rings. The quantitative estimate of drug-likeness (QED) is 0.110. The van der Waals surface area contributed by atoms with Crippen molar-refractivity contribution in [1.29, 1.82) is 0 Å². The number of unbranched alkanes of at least 4 members (excludes halogenated alkanes) is 3. The van der Waals surface area contributed by atoms with E-state index >= 15 is 0 Å². The van der Waals surface area contributed by atoms with Crippen LogP contribution in [0.4, 0.5) is 8.78 Å². The molecule has 0 spiro atoms. The van der Waals surface area contributed by atoms with Gasteiger partial charge in [0.2, 0.25) is 0 Å². The lowest BCUT2D eigenvalue weighted by atomic mass is 9.78. The molecule has 1 aliphatic carbocycles. The number of amides is 2. The Morgan fingerprint density at radius 2 is 1.47 bits per heavy atom. The zero-order valence-electron chi connectivity index (χ0n) is 24.6. The van der Waals surface area contributed by atoms with Crippen molar-refractivity contribution in [3.05, 3.63) is 59.2 Å². The Morgan fingerprint density at radius 3 is 1.98 bits per heavy atom. The molecule has 2 amide bonds. The highest BCUT2D eigenvalue weighted by Gasteiger charge is 2.32. The molecule has 0 unspecified atom stereocenters. The molecule has 0 aromatic heterocycles. The average molecular weight is 603 g/mol. The van der Waals surface area contributed by atoms with Crippen LogP contribution in [0.3, 0.4) is 0 Å². The van der Waals surface area contributed by atoms with Gasteiger partial charge in [-0.25, -0.2) is 8.78 Å². The highest BCUT2D eigenvalue weighted by Crippen LogP contribution is 2.25.